The lowest BCUT2D eigenvalue weighted by Gasteiger charge is -2.39. The van der Waals surface area contributed by atoms with Gasteiger partial charge in [0.2, 0.25) is 11.8 Å². The molecular formula is C18H29N5O3. The number of amides is 2. The second-order valence-corrected chi connectivity index (χ2v) is 7.00. The Kier molecular flexibility index (Phi) is 6.26. The van der Waals surface area contributed by atoms with E-state index in [0.29, 0.717) is 45.8 Å². The van der Waals surface area contributed by atoms with Crippen LogP contribution in [0.5, 0.6) is 0 Å². The summed E-state index contributed by atoms with van der Waals surface area (Å²) in [6.07, 6.45) is 1.16. The van der Waals surface area contributed by atoms with Crippen LogP contribution in [-0.4, -0.2) is 83.4 Å². The SMILES string of the molecule is Cc1cc(C)n(CCCC(=O)N2CCNC[C@@H]2C(=O)N2CCOCC2)n1. The van der Waals surface area contributed by atoms with Crippen LogP contribution in [-0.2, 0) is 20.9 Å². The van der Waals surface area contributed by atoms with Crippen molar-refractivity contribution in [2.45, 2.75) is 39.3 Å². The fourth-order valence-electron chi connectivity index (χ4n) is 3.64. The molecule has 8 nitrogen and oxygen atoms in total. The van der Waals surface area contributed by atoms with Gasteiger partial charge in [-0.15, -0.1) is 0 Å². The Hall–Kier alpha value is -1.93. The minimum Gasteiger partial charge on any atom is -0.378 e. The number of carbonyl (C=O) groups is 2. The van der Waals surface area contributed by atoms with Crippen LogP contribution in [0.25, 0.3) is 0 Å². The number of ether oxygens (including phenoxy) is 1. The van der Waals surface area contributed by atoms with Gasteiger partial charge in [0, 0.05) is 51.4 Å². The smallest absolute Gasteiger partial charge is 0.246 e. The number of aryl methyl sites for hydroxylation is 3. The lowest BCUT2D eigenvalue weighted by Crippen LogP contribution is -2.61. The summed E-state index contributed by atoms with van der Waals surface area (Å²) in [4.78, 5) is 29.2. The van der Waals surface area contributed by atoms with Gasteiger partial charge >= 0.3 is 0 Å². The molecule has 3 rings (SSSR count). The summed E-state index contributed by atoms with van der Waals surface area (Å²) in [5, 5.41) is 7.68. The number of nitrogens with zero attached hydrogens (tertiary/aromatic N) is 4. The van der Waals surface area contributed by atoms with E-state index in [1.165, 1.54) is 0 Å². The lowest BCUT2D eigenvalue weighted by molar-refractivity contribution is -0.149. The van der Waals surface area contributed by atoms with Crippen molar-refractivity contribution in [1.82, 2.24) is 24.9 Å². The van der Waals surface area contributed by atoms with E-state index in [9.17, 15) is 9.59 Å². The molecule has 0 aliphatic carbocycles. The molecule has 2 aliphatic rings. The predicted molar refractivity (Wildman–Crippen MR) is 96.7 cm³/mol. The maximum Gasteiger partial charge on any atom is 0.246 e. The molecule has 0 radical (unpaired) electrons. The van der Waals surface area contributed by atoms with Crippen molar-refractivity contribution in [2.75, 3.05) is 45.9 Å². The van der Waals surface area contributed by atoms with E-state index < -0.39 is 6.04 Å². The topological polar surface area (TPSA) is 79.7 Å². The summed E-state index contributed by atoms with van der Waals surface area (Å²) in [5.41, 5.74) is 2.10. The first kappa shape index (κ1) is 18.8. The quantitative estimate of drug-likeness (QED) is 0.793. The number of aromatic nitrogens is 2. The van der Waals surface area contributed by atoms with Crippen molar-refractivity contribution < 1.29 is 14.3 Å². The minimum absolute atomic E-state index is 0.0346. The van der Waals surface area contributed by atoms with Crippen molar-refractivity contribution in [3.05, 3.63) is 17.5 Å². The summed E-state index contributed by atoms with van der Waals surface area (Å²) >= 11 is 0. The van der Waals surface area contributed by atoms with E-state index in [1.54, 1.807) is 4.90 Å². The van der Waals surface area contributed by atoms with E-state index >= 15 is 0 Å². The Labute approximate surface area is 154 Å². The van der Waals surface area contributed by atoms with Gasteiger partial charge in [0.05, 0.1) is 18.9 Å². The maximum atomic E-state index is 12.8. The number of nitrogens with one attached hydrogen (secondary N) is 1. The first-order chi connectivity index (χ1) is 12.6. The molecule has 0 saturated carbocycles. The Morgan fingerprint density at radius 3 is 2.73 bits per heavy atom. The molecule has 2 aliphatic heterocycles. The van der Waals surface area contributed by atoms with Crippen LogP contribution in [0.3, 0.4) is 0 Å². The van der Waals surface area contributed by atoms with Crippen LogP contribution in [0.1, 0.15) is 24.2 Å². The van der Waals surface area contributed by atoms with Crippen molar-refractivity contribution >= 4 is 11.8 Å². The summed E-state index contributed by atoms with van der Waals surface area (Å²) in [6.45, 7) is 8.91. The Bertz CT molecular complexity index is 639. The van der Waals surface area contributed by atoms with Gasteiger partial charge in [-0.2, -0.15) is 5.10 Å². The number of carbonyl (C=O) groups excluding carboxylic acids is 2. The zero-order chi connectivity index (χ0) is 18.5. The number of rotatable bonds is 5. The Morgan fingerprint density at radius 2 is 2.04 bits per heavy atom. The molecule has 0 spiro atoms. The summed E-state index contributed by atoms with van der Waals surface area (Å²) in [7, 11) is 0. The largest absolute Gasteiger partial charge is 0.378 e. The zero-order valence-electron chi connectivity index (χ0n) is 15.7. The maximum absolute atomic E-state index is 12.8. The molecule has 26 heavy (non-hydrogen) atoms. The average Bonchev–Trinajstić information content (AvgIpc) is 2.99. The molecule has 0 unspecified atom stereocenters. The molecular weight excluding hydrogens is 334 g/mol. The summed E-state index contributed by atoms with van der Waals surface area (Å²) < 4.78 is 7.26. The van der Waals surface area contributed by atoms with E-state index in [2.05, 4.69) is 10.4 Å². The second kappa shape index (κ2) is 8.64. The molecule has 1 N–H and O–H groups in total. The van der Waals surface area contributed by atoms with Gasteiger partial charge in [0.1, 0.15) is 6.04 Å². The van der Waals surface area contributed by atoms with Gasteiger partial charge in [-0.1, -0.05) is 0 Å². The van der Waals surface area contributed by atoms with Gasteiger partial charge in [0.15, 0.2) is 0 Å². The van der Waals surface area contributed by atoms with Gasteiger partial charge < -0.3 is 19.9 Å². The van der Waals surface area contributed by atoms with E-state index in [1.807, 2.05) is 29.5 Å². The monoisotopic (exact) mass is 363 g/mol. The third-order valence-corrected chi connectivity index (χ3v) is 5.04. The molecule has 8 heteroatoms. The first-order valence-electron chi connectivity index (χ1n) is 9.44. The third-order valence-electron chi connectivity index (χ3n) is 5.04. The van der Waals surface area contributed by atoms with Crippen LogP contribution in [0.2, 0.25) is 0 Å². The molecule has 2 fully saturated rings. The van der Waals surface area contributed by atoms with E-state index in [-0.39, 0.29) is 11.8 Å². The van der Waals surface area contributed by atoms with Crippen LogP contribution in [0.4, 0.5) is 0 Å². The zero-order valence-corrected chi connectivity index (χ0v) is 15.7. The van der Waals surface area contributed by atoms with Gasteiger partial charge in [-0.05, 0) is 26.3 Å². The van der Waals surface area contributed by atoms with Crippen LogP contribution in [0, 0.1) is 13.8 Å². The number of hydrogen-bond donors (Lipinski definition) is 1. The average molecular weight is 363 g/mol. The Balaban J connectivity index is 1.55. The summed E-state index contributed by atoms with van der Waals surface area (Å²) in [5.74, 6) is 0.0898. The predicted octanol–water partition coefficient (Wildman–Crippen LogP) is -0.0607. The number of piperazine rings is 1. The molecule has 2 amide bonds. The lowest BCUT2D eigenvalue weighted by atomic mass is 10.1. The van der Waals surface area contributed by atoms with Crippen molar-refractivity contribution in [3.8, 4) is 0 Å². The molecule has 144 valence electrons. The molecule has 0 bridgehead atoms. The highest BCUT2D eigenvalue weighted by Gasteiger charge is 2.34. The second-order valence-electron chi connectivity index (χ2n) is 7.00. The molecule has 2 saturated heterocycles. The highest BCUT2D eigenvalue weighted by Crippen LogP contribution is 2.13. The molecule has 1 aromatic rings. The van der Waals surface area contributed by atoms with Gasteiger partial charge in [0.25, 0.3) is 0 Å². The first-order valence-corrected chi connectivity index (χ1v) is 9.44. The van der Waals surface area contributed by atoms with E-state index in [4.69, 9.17) is 4.74 Å². The van der Waals surface area contributed by atoms with Crippen LogP contribution in [0.15, 0.2) is 6.07 Å². The van der Waals surface area contributed by atoms with Gasteiger partial charge in [-0.3, -0.25) is 14.3 Å². The van der Waals surface area contributed by atoms with Gasteiger partial charge in [-0.25, -0.2) is 0 Å². The molecule has 0 aromatic carbocycles. The summed E-state index contributed by atoms with van der Waals surface area (Å²) in [6, 6.07) is 1.64. The van der Waals surface area contributed by atoms with Crippen molar-refractivity contribution in [1.29, 1.82) is 0 Å². The normalized spacial score (nSPS) is 21.1. The standard InChI is InChI=1S/C18H29N5O3/c1-14-12-15(2)23(20-14)6-3-4-17(24)22-7-5-19-13-16(22)18(25)21-8-10-26-11-9-21/h12,16,19H,3-11,13H2,1-2H3/t16-/m1/s1. The number of morpholine rings is 1. The molecule has 1 aromatic heterocycles. The fraction of sp³-hybridized carbons (Fsp3) is 0.722. The highest BCUT2D eigenvalue weighted by molar-refractivity contribution is 5.88. The third kappa shape index (κ3) is 4.42. The fourth-order valence-corrected chi connectivity index (χ4v) is 3.64. The Morgan fingerprint density at radius 1 is 1.27 bits per heavy atom. The highest BCUT2D eigenvalue weighted by atomic mass is 16.5. The van der Waals surface area contributed by atoms with Crippen molar-refractivity contribution in [3.63, 3.8) is 0 Å². The molecule has 1 atom stereocenters. The van der Waals surface area contributed by atoms with Crippen molar-refractivity contribution in [2.24, 2.45) is 0 Å². The number of hydrogen-bond acceptors (Lipinski definition) is 5. The molecule has 3 heterocycles. The van der Waals surface area contributed by atoms with Crippen LogP contribution < -0.4 is 5.32 Å². The van der Waals surface area contributed by atoms with Crippen LogP contribution >= 0.6 is 0 Å². The minimum atomic E-state index is -0.400. The van der Waals surface area contributed by atoms with E-state index in [0.717, 1.165) is 30.9 Å².